The number of carbonyl (C=O) groups is 2. The number of carbonyl (C=O) groups excluding carboxylic acids is 1. The molecule has 1 spiro atoms. The summed E-state index contributed by atoms with van der Waals surface area (Å²) < 4.78 is 39.6. The van der Waals surface area contributed by atoms with E-state index in [0.29, 0.717) is 37.2 Å². The first kappa shape index (κ1) is 25.1. The van der Waals surface area contributed by atoms with Crippen LogP contribution in [0, 0.1) is 12.3 Å². The lowest BCUT2D eigenvalue weighted by atomic mass is 9.59. The van der Waals surface area contributed by atoms with Crippen molar-refractivity contribution in [2.45, 2.75) is 51.1 Å². The van der Waals surface area contributed by atoms with E-state index in [1.165, 1.54) is 17.9 Å². The molecule has 2 aromatic heterocycles. The maximum absolute atomic E-state index is 14.0. The number of hydrogen-bond acceptors (Lipinski definition) is 6. The van der Waals surface area contributed by atoms with Crippen LogP contribution in [-0.2, 0) is 11.3 Å². The van der Waals surface area contributed by atoms with E-state index >= 15 is 0 Å². The number of likely N-dealkylation sites (tertiary alicyclic amines) is 1. The predicted molar refractivity (Wildman–Crippen MR) is 131 cm³/mol. The Labute approximate surface area is 212 Å². The molecule has 1 saturated carbocycles. The Morgan fingerprint density at radius 3 is 2.57 bits per heavy atom. The molecule has 1 aromatic carbocycles. The van der Waals surface area contributed by atoms with Crippen molar-refractivity contribution in [2.24, 2.45) is 5.41 Å². The van der Waals surface area contributed by atoms with Gasteiger partial charge in [-0.15, -0.1) is 0 Å². The number of benzene rings is 1. The Bertz CT molecular complexity index is 1360. The van der Waals surface area contributed by atoms with Crippen molar-refractivity contribution in [3.63, 3.8) is 0 Å². The summed E-state index contributed by atoms with van der Waals surface area (Å²) in [5.41, 5.74) is 2.77. The van der Waals surface area contributed by atoms with Crippen LogP contribution < -0.4 is 4.74 Å². The van der Waals surface area contributed by atoms with Crippen molar-refractivity contribution in [1.29, 1.82) is 0 Å². The lowest BCUT2D eigenvalue weighted by Gasteiger charge is -2.54. The summed E-state index contributed by atoms with van der Waals surface area (Å²) >= 11 is 0. The molecule has 3 heterocycles. The quantitative estimate of drug-likeness (QED) is 0.456. The molecule has 10 heteroatoms. The average molecular weight is 514 g/mol. The molecule has 0 bridgehead atoms. The Morgan fingerprint density at radius 1 is 1.22 bits per heavy atom. The van der Waals surface area contributed by atoms with Gasteiger partial charge in [0.1, 0.15) is 11.4 Å². The highest BCUT2D eigenvalue weighted by atomic mass is 19.3. The van der Waals surface area contributed by atoms with Gasteiger partial charge in [-0.1, -0.05) is 6.07 Å². The van der Waals surface area contributed by atoms with Gasteiger partial charge in [0.05, 0.1) is 19.7 Å². The number of esters is 1. The molecule has 0 amide bonds. The van der Waals surface area contributed by atoms with Crippen molar-refractivity contribution >= 4 is 23.0 Å². The first-order valence-corrected chi connectivity index (χ1v) is 12.1. The van der Waals surface area contributed by atoms with Crippen molar-refractivity contribution in [2.75, 3.05) is 20.8 Å². The molecule has 5 rings (SSSR count). The van der Waals surface area contributed by atoms with Gasteiger partial charge in [0, 0.05) is 48.8 Å². The van der Waals surface area contributed by atoms with Crippen LogP contribution in [0.3, 0.4) is 0 Å². The van der Waals surface area contributed by atoms with E-state index in [-0.39, 0.29) is 24.6 Å². The highest BCUT2D eigenvalue weighted by Gasteiger charge is 2.58. The van der Waals surface area contributed by atoms with Crippen LogP contribution >= 0.6 is 0 Å². The van der Waals surface area contributed by atoms with E-state index < -0.39 is 23.4 Å². The number of aryl methyl sites for hydroxylation is 1. The van der Waals surface area contributed by atoms with Gasteiger partial charge >= 0.3 is 12.1 Å². The fraction of sp³-hybridized carbons (Fsp3) is 0.444. The first-order valence-electron chi connectivity index (χ1n) is 12.1. The number of piperidine rings is 1. The molecule has 1 N–H and O–H groups in total. The lowest BCUT2D eigenvalue weighted by Crippen LogP contribution is -2.53. The van der Waals surface area contributed by atoms with Crippen LogP contribution in [0.1, 0.15) is 58.9 Å². The van der Waals surface area contributed by atoms with Crippen molar-refractivity contribution < 1.29 is 33.0 Å². The molecule has 0 unspecified atom stereocenters. The lowest BCUT2D eigenvalue weighted by molar-refractivity contribution is -0.186. The van der Waals surface area contributed by atoms with Crippen LogP contribution in [0.5, 0.6) is 5.75 Å². The van der Waals surface area contributed by atoms with E-state index in [9.17, 15) is 23.5 Å². The fourth-order valence-corrected chi connectivity index (χ4v) is 6.16. The minimum atomic E-state index is -2.63. The number of rotatable bonds is 5. The summed E-state index contributed by atoms with van der Waals surface area (Å²) in [6.07, 6.45) is 2.99. The number of alkyl halides is 2. The molecule has 0 radical (unpaired) electrons. The zero-order valence-corrected chi connectivity index (χ0v) is 21.0. The first-order chi connectivity index (χ1) is 17.6. The molecular weight excluding hydrogens is 484 g/mol. The van der Waals surface area contributed by atoms with Crippen molar-refractivity contribution in [1.82, 2.24) is 14.5 Å². The summed E-state index contributed by atoms with van der Waals surface area (Å²) in [6.45, 7) is 2.85. The Morgan fingerprint density at radius 2 is 1.97 bits per heavy atom. The molecule has 196 valence electrons. The van der Waals surface area contributed by atoms with E-state index in [4.69, 9.17) is 9.47 Å². The van der Waals surface area contributed by atoms with Gasteiger partial charge in [0.2, 0.25) is 5.92 Å². The smallest absolute Gasteiger partial charge is 0.416 e. The SMILES string of the molecule is COC(=O)c1ccc([C@@H]2CC3(CCN2Cc2c(OC)cc(C)c4c2ccn4C(=O)O)CC(F)(F)C3)cn1. The minimum absolute atomic E-state index is 0.127. The maximum Gasteiger partial charge on any atom is 0.416 e. The van der Waals surface area contributed by atoms with Gasteiger partial charge in [-0.05, 0) is 61.1 Å². The molecule has 1 saturated heterocycles. The van der Waals surface area contributed by atoms with Crippen LogP contribution in [0.25, 0.3) is 10.9 Å². The van der Waals surface area contributed by atoms with Gasteiger partial charge in [0.15, 0.2) is 0 Å². The highest BCUT2D eigenvalue weighted by Crippen LogP contribution is 2.60. The largest absolute Gasteiger partial charge is 0.496 e. The Balaban J connectivity index is 1.53. The Kier molecular flexibility index (Phi) is 6.18. The second-order valence-corrected chi connectivity index (χ2v) is 10.2. The number of ether oxygens (including phenoxy) is 2. The third-order valence-electron chi connectivity index (χ3n) is 7.85. The van der Waals surface area contributed by atoms with Crippen molar-refractivity contribution in [3.8, 4) is 5.75 Å². The van der Waals surface area contributed by atoms with Crippen LogP contribution in [0.15, 0.2) is 36.7 Å². The highest BCUT2D eigenvalue weighted by molar-refractivity contribution is 5.94. The average Bonchev–Trinajstić information content (AvgIpc) is 3.31. The molecule has 8 nitrogen and oxygen atoms in total. The number of nitrogens with zero attached hydrogens (tertiary/aromatic N) is 3. The summed E-state index contributed by atoms with van der Waals surface area (Å²) in [5.74, 6) is -2.54. The standard InChI is InChI=1S/C27H29F2N3O5/c1-16-10-22(36-2)19(18-6-8-32(23(16)18)25(34)35)13-31-9-7-26(14-27(28,29)15-26)11-21(31)17-4-5-20(30-12-17)24(33)37-3/h4-6,8,10,12,21H,7,9,11,13-15H2,1-3H3,(H,34,35)/t21-/m0/s1. The summed E-state index contributed by atoms with van der Waals surface area (Å²) in [7, 11) is 2.86. The van der Waals surface area contributed by atoms with Crippen molar-refractivity contribution in [3.05, 3.63) is 59.0 Å². The number of carboxylic acid groups (broad SMARTS) is 1. The van der Waals surface area contributed by atoms with Crippen LogP contribution in [0.4, 0.5) is 13.6 Å². The normalized spacial score (nSPS) is 20.5. The van der Waals surface area contributed by atoms with Crippen LogP contribution in [0.2, 0.25) is 0 Å². The number of methoxy groups -OCH3 is 2. The minimum Gasteiger partial charge on any atom is -0.496 e. The zero-order valence-electron chi connectivity index (χ0n) is 21.0. The molecule has 2 aliphatic rings. The molecule has 37 heavy (non-hydrogen) atoms. The summed E-state index contributed by atoms with van der Waals surface area (Å²) in [5, 5.41) is 10.4. The summed E-state index contributed by atoms with van der Waals surface area (Å²) in [4.78, 5) is 30.1. The number of pyridine rings is 1. The molecule has 1 aliphatic carbocycles. The number of halogens is 2. The third-order valence-corrected chi connectivity index (χ3v) is 7.85. The van der Waals surface area contributed by atoms with Gasteiger partial charge in [-0.3, -0.25) is 9.47 Å². The van der Waals surface area contributed by atoms with Gasteiger partial charge in [-0.2, -0.15) is 0 Å². The third kappa shape index (κ3) is 4.43. The zero-order chi connectivity index (χ0) is 26.5. The van der Waals surface area contributed by atoms with Gasteiger partial charge in [-0.25, -0.2) is 23.4 Å². The van der Waals surface area contributed by atoms with Gasteiger partial charge in [0.25, 0.3) is 0 Å². The molecule has 3 aromatic rings. The second kappa shape index (κ2) is 9.09. The van der Waals surface area contributed by atoms with E-state index in [1.807, 2.05) is 13.0 Å². The number of aromatic nitrogens is 2. The number of hydrogen-bond donors (Lipinski definition) is 1. The topological polar surface area (TPSA) is 93.9 Å². The molecular formula is C27H29F2N3O5. The Hall–Kier alpha value is -3.53. The van der Waals surface area contributed by atoms with E-state index in [0.717, 1.165) is 22.1 Å². The van der Waals surface area contributed by atoms with E-state index in [1.54, 1.807) is 31.5 Å². The maximum atomic E-state index is 14.0. The number of fused-ring (bicyclic) bond motifs is 1. The molecule has 2 fully saturated rings. The predicted octanol–water partition coefficient (Wildman–Crippen LogP) is 5.42. The monoisotopic (exact) mass is 513 g/mol. The summed E-state index contributed by atoms with van der Waals surface area (Å²) in [6, 6.07) is 6.78. The van der Waals surface area contributed by atoms with Gasteiger partial charge < -0.3 is 14.6 Å². The fourth-order valence-electron chi connectivity index (χ4n) is 6.16. The van der Waals surface area contributed by atoms with Crippen LogP contribution in [-0.4, -0.2) is 58.3 Å². The van der Waals surface area contributed by atoms with E-state index in [2.05, 4.69) is 9.88 Å². The second-order valence-electron chi connectivity index (χ2n) is 10.2. The molecule has 1 aliphatic heterocycles. The molecule has 1 atom stereocenters.